The molecule has 5 aromatic rings. The van der Waals surface area contributed by atoms with Crippen LogP contribution in [0.4, 0.5) is 4.79 Å². The molecule has 4 atom stereocenters. The molecule has 3 aliphatic heterocycles. The third kappa shape index (κ3) is 12.4. The summed E-state index contributed by atoms with van der Waals surface area (Å²) in [7, 11) is -2.18. The van der Waals surface area contributed by atoms with E-state index in [9.17, 15) is 9.90 Å². The molecule has 2 amide bonds. The van der Waals surface area contributed by atoms with Crippen molar-refractivity contribution >= 4 is 76.1 Å². The number of carbonyl (C=O) groups excluding carboxylic acids is 2. The molecule has 1 unspecified atom stereocenters. The predicted octanol–water partition coefficient (Wildman–Crippen LogP) is 10.3. The van der Waals surface area contributed by atoms with Crippen LogP contribution in [0.25, 0.3) is 22.2 Å². The van der Waals surface area contributed by atoms with Crippen molar-refractivity contribution in [1.82, 2.24) is 29.8 Å². The number of methoxy groups -OCH3 is 1. The van der Waals surface area contributed by atoms with Gasteiger partial charge in [-0.15, -0.1) is 0 Å². The molecular weight excluding hydrogens is 1100 g/mol. The number of nitrogens with one attached hydrogen (secondary N) is 1. The quantitative estimate of drug-likeness (QED) is 0.0903. The van der Waals surface area contributed by atoms with E-state index in [0.717, 1.165) is 25.8 Å². The van der Waals surface area contributed by atoms with Crippen molar-refractivity contribution < 1.29 is 42.7 Å². The van der Waals surface area contributed by atoms with Gasteiger partial charge in [-0.2, -0.15) is 5.01 Å². The van der Waals surface area contributed by atoms with Crippen LogP contribution in [0.2, 0.25) is 5.04 Å². The fourth-order valence-corrected chi connectivity index (χ4v) is 17.3. The molecule has 2 N–H and O–H groups in total. The number of carbonyl (C=O) groups is 3. The summed E-state index contributed by atoms with van der Waals surface area (Å²) >= 11 is 3.89. The van der Waals surface area contributed by atoms with E-state index in [2.05, 4.69) is 106 Å². The van der Waals surface area contributed by atoms with Crippen LogP contribution in [-0.2, 0) is 44.9 Å². The standard InChI is InChI=1S/C63H86BBrN6O9Si/c1-17-69-51-32-31-43(64-79-61(12,13)62(14,15)80-64)36-49(51)52(54(69)48-30-24-34-66-53(48)42(2)76-16)63(56(73)74)33-25-35-70(71(63)41-58(3,4)5)55(72)50(67-57(75)77-59(6,7)8)40-68-38-44(65)37-45(39-68)78-81(60(9,10)11,46-26-20-18-21-27-46)47-28-22-19-23-29-47/h18-24,26-32,34,36-37,42,45,50H,17,25,33,35,38-41H2,1-16H3,(H,67,75)(H,73,74)/t42-,45?,50-,63-/m0/s1. The number of hydrogen-bond donors (Lipinski definition) is 2. The minimum atomic E-state index is -3.06. The van der Waals surface area contributed by atoms with Crippen molar-refractivity contribution in [3.63, 3.8) is 0 Å². The molecule has 0 radical (unpaired) electrons. The number of nitrogens with zero attached hydrogens (tertiary/aromatic N) is 5. The molecule has 5 heterocycles. The van der Waals surface area contributed by atoms with E-state index < -0.39 is 79.4 Å². The second kappa shape index (κ2) is 23.5. The molecule has 3 aromatic carbocycles. The molecule has 0 bridgehead atoms. The van der Waals surface area contributed by atoms with Crippen molar-refractivity contribution in [2.24, 2.45) is 5.41 Å². The van der Waals surface area contributed by atoms with Gasteiger partial charge >= 0.3 is 19.2 Å². The Kier molecular flexibility index (Phi) is 17.9. The summed E-state index contributed by atoms with van der Waals surface area (Å²) in [6.07, 6.45) is 2.63. The topological polar surface area (TPSA) is 157 Å². The van der Waals surface area contributed by atoms with E-state index in [1.807, 2.05) is 105 Å². The Labute approximate surface area is 490 Å². The van der Waals surface area contributed by atoms with E-state index in [0.29, 0.717) is 54.0 Å². The maximum Gasteiger partial charge on any atom is 0.494 e. The highest BCUT2D eigenvalue weighted by Gasteiger charge is 2.58. The lowest BCUT2D eigenvalue weighted by atomic mass is 9.75. The second-order valence-electron chi connectivity index (χ2n) is 26.3. The molecule has 0 saturated carbocycles. The highest BCUT2D eigenvalue weighted by molar-refractivity contribution is 9.11. The monoisotopic (exact) mass is 1190 g/mol. The molecule has 3 aliphatic rings. The average Bonchev–Trinajstić information content (AvgIpc) is 3.47. The molecule has 8 rings (SSSR count). The maximum absolute atomic E-state index is 16.3. The zero-order valence-electron chi connectivity index (χ0n) is 50.6. The van der Waals surface area contributed by atoms with Crippen molar-refractivity contribution in [3.05, 3.63) is 119 Å². The molecule has 0 aliphatic carbocycles. The summed E-state index contributed by atoms with van der Waals surface area (Å²) in [6, 6.07) is 29.6. The Morgan fingerprint density at radius 3 is 2.06 bits per heavy atom. The minimum Gasteiger partial charge on any atom is -0.480 e. The number of alkyl carbamates (subject to hydrolysis) is 1. The molecule has 81 heavy (non-hydrogen) atoms. The van der Waals surface area contributed by atoms with Gasteiger partial charge in [0.05, 0.1) is 34.8 Å². The number of hydrogen-bond acceptors (Lipinski definition) is 11. The zero-order valence-corrected chi connectivity index (χ0v) is 53.2. The lowest BCUT2D eigenvalue weighted by Crippen LogP contribution is -2.69. The predicted molar refractivity (Wildman–Crippen MR) is 328 cm³/mol. The van der Waals surface area contributed by atoms with Gasteiger partial charge in [0, 0.05) is 79.1 Å². The maximum atomic E-state index is 16.3. The van der Waals surface area contributed by atoms with E-state index in [4.69, 9.17) is 28.2 Å². The number of ether oxygens (including phenoxy) is 2. The van der Waals surface area contributed by atoms with Gasteiger partial charge in [-0.05, 0) is 126 Å². The number of fused-ring (bicyclic) bond motifs is 1. The van der Waals surface area contributed by atoms with Gasteiger partial charge in [-0.1, -0.05) is 130 Å². The van der Waals surface area contributed by atoms with Gasteiger partial charge in [0.1, 0.15) is 11.6 Å². The first kappa shape index (κ1) is 61.9. The van der Waals surface area contributed by atoms with Crippen molar-refractivity contribution in [2.75, 3.05) is 39.8 Å². The normalized spacial score (nSPS) is 21.0. The van der Waals surface area contributed by atoms with E-state index in [-0.39, 0.29) is 31.1 Å². The molecule has 2 fully saturated rings. The summed E-state index contributed by atoms with van der Waals surface area (Å²) in [5, 5.41) is 21.6. The van der Waals surface area contributed by atoms with Crippen LogP contribution in [0.15, 0.2) is 108 Å². The zero-order chi connectivity index (χ0) is 59.3. The number of carboxylic acid groups (broad SMARTS) is 1. The molecule has 2 aromatic heterocycles. The SMILES string of the molecule is CCn1c(-c2cccnc2[C@H](C)OC)c([C@]2(C(=O)O)CCCN(C(=O)[C@H](CN3CC(Br)=CC(O[Si](c4ccccc4)(c4ccccc4)C(C)(C)C)C3)NC(=O)OC(C)(C)C)N2CC(C)(C)C)c2cc(B3OC(C)(C)C(C)(C)O3)ccc21. The first-order valence-electron chi connectivity index (χ1n) is 28.6. The van der Waals surface area contributed by atoms with Crippen LogP contribution in [0.5, 0.6) is 0 Å². The van der Waals surface area contributed by atoms with E-state index in [1.54, 1.807) is 44.1 Å². The number of pyridine rings is 1. The van der Waals surface area contributed by atoms with Crippen molar-refractivity contribution in [2.45, 2.75) is 169 Å². The van der Waals surface area contributed by atoms with Gasteiger partial charge in [0.25, 0.3) is 14.2 Å². The van der Waals surface area contributed by atoms with Gasteiger partial charge in [0.15, 0.2) is 5.54 Å². The Morgan fingerprint density at radius 2 is 1.52 bits per heavy atom. The number of halogens is 1. The third-order valence-corrected chi connectivity index (χ3v) is 22.0. The Morgan fingerprint density at radius 1 is 0.901 bits per heavy atom. The number of aryl methyl sites for hydroxylation is 1. The van der Waals surface area contributed by atoms with Crippen molar-refractivity contribution in [1.29, 1.82) is 0 Å². The average molecular weight is 1190 g/mol. The first-order valence-corrected chi connectivity index (χ1v) is 31.3. The van der Waals surface area contributed by atoms with Crippen LogP contribution in [-0.4, -0.2) is 132 Å². The molecule has 0 spiro atoms. The Balaban J connectivity index is 1.29. The largest absolute Gasteiger partial charge is 0.494 e. The molecular formula is C63H86BBrN6O9Si. The van der Waals surface area contributed by atoms with E-state index in [1.165, 1.54) is 0 Å². The van der Waals surface area contributed by atoms with E-state index >= 15 is 9.59 Å². The van der Waals surface area contributed by atoms with Crippen LogP contribution < -0.4 is 21.2 Å². The highest BCUT2D eigenvalue weighted by atomic mass is 79.9. The first-order chi connectivity index (χ1) is 37.9. The third-order valence-electron chi connectivity index (χ3n) is 16.4. The number of benzene rings is 3. The molecule has 18 heteroatoms. The smallest absolute Gasteiger partial charge is 0.480 e. The van der Waals surface area contributed by atoms with Crippen LogP contribution in [0, 0.1) is 5.41 Å². The van der Waals surface area contributed by atoms with Gasteiger partial charge < -0.3 is 38.2 Å². The lowest BCUT2D eigenvalue weighted by molar-refractivity contribution is -0.198. The number of amides is 2. The van der Waals surface area contributed by atoms with Gasteiger partial charge in [0.2, 0.25) is 0 Å². The fraction of sp³-hybridized carbons (Fsp3) is 0.524. The molecule has 15 nitrogen and oxygen atoms in total. The summed E-state index contributed by atoms with van der Waals surface area (Å²) in [4.78, 5) is 52.9. The van der Waals surface area contributed by atoms with Crippen molar-refractivity contribution in [3.8, 4) is 11.3 Å². The lowest BCUT2D eigenvalue weighted by Gasteiger charge is -2.53. The van der Waals surface area contributed by atoms with Gasteiger partial charge in [-0.25, -0.2) is 9.59 Å². The Hall–Kier alpha value is -5.18. The van der Waals surface area contributed by atoms with Crippen LogP contribution in [0.1, 0.15) is 134 Å². The highest BCUT2D eigenvalue weighted by Crippen LogP contribution is 2.50. The summed E-state index contributed by atoms with van der Waals surface area (Å²) < 4.78 is 35.9. The summed E-state index contributed by atoms with van der Waals surface area (Å²) in [5.74, 6) is -1.60. The summed E-state index contributed by atoms with van der Waals surface area (Å²) in [6.45, 7) is 31.9. The van der Waals surface area contributed by atoms with Crippen LogP contribution in [0.3, 0.4) is 0 Å². The number of rotatable bonds is 16. The molecule has 2 saturated heterocycles. The van der Waals surface area contributed by atoms with Crippen LogP contribution >= 0.6 is 15.9 Å². The Bertz CT molecular complexity index is 3060. The number of hydrazine groups is 1. The fourth-order valence-electron chi connectivity index (χ4n) is 12.0. The second-order valence-corrected chi connectivity index (χ2v) is 31.6. The van der Waals surface area contributed by atoms with Gasteiger partial charge in [-0.3, -0.25) is 19.7 Å². The number of aromatic nitrogens is 2. The number of carboxylic acids is 1. The molecule has 436 valence electrons. The minimum absolute atomic E-state index is 0.0489. The summed E-state index contributed by atoms with van der Waals surface area (Å²) in [5.41, 5.74) is -0.596. The number of aliphatic carboxylic acids is 1.